The molecule has 1 aliphatic heterocycles. The largest absolute Gasteiger partial charge is 0.478 e. The van der Waals surface area contributed by atoms with E-state index in [4.69, 9.17) is 4.74 Å². The minimum absolute atomic E-state index is 0.00372. The zero-order chi connectivity index (χ0) is 20.9. The van der Waals surface area contributed by atoms with Crippen LogP contribution in [0.4, 0.5) is 17.6 Å². The summed E-state index contributed by atoms with van der Waals surface area (Å²) in [5.74, 6) is -1.08. The molecular weight excluding hydrogens is 396 g/mol. The third-order valence-electron chi connectivity index (χ3n) is 4.36. The molecule has 0 N–H and O–H groups in total. The summed E-state index contributed by atoms with van der Waals surface area (Å²) in [6, 6.07) is 8.03. The molecule has 0 fully saturated rings. The Hall–Kier alpha value is -2.48. The van der Waals surface area contributed by atoms with Crippen LogP contribution in [0.25, 0.3) is 11.3 Å². The van der Waals surface area contributed by atoms with Gasteiger partial charge in [-0.25, -0.2) is 4.39 Å². The molecule has 0 saturated carbocycles. The number of alkyl halides is 3. The van der Waals surface area contributed by atoms with Gasteiger partial charge in [0.2, 0.25) is 5.78 Å². The number of hydrogen-bond donors (Lipinski definition) is 0. The summed E-state index contributed by atoms with van der Waals surface area (Å²) in [6.45, 7) is 3.05. The zero-order valence-electron chi connectivity index (χ0n) is 15.2. The number of benzene rings is 2. The first-order chi connectivity index (χ1) is 12.9. The SMILES string of the molecule is CS(=O)c1ccc(C2=C(c3ccc(C(F)(F)F)cc3)C(=O)C(C)(C)O2)cc1F. The maximum atomic E-state index is 14.3. The molecule has 0 spiro atoms. The van der Waals surface area contributed by atoms with Crippen molar-refractivity contribution in [3.05, 3.63) is 65.0 Å². The number of halogens is 4. The van der Waals surface area contributed by atoms with Crippen LogP contribution in [0.2, 0.25) is 0 Å². The summed E-state index contributed by atoms with van der Waals surface area (Å²) < 4.78 is 70.0. The second kappa shape index (κ2) is 6.84. The first-order valence-corrected chi connectivity index (χ1v) is 9.76. The van der Waals surface area contributed by atoms with Crippen molar-refractivity contribution in [2.75, 3.05) is 6.26 Å². The molecule has 0 aliphatic carbocycles. The molecule has 0 amide bonds. The van der Waals surface area contributed by atoms with Gasteiger partial charge in [-0.1, -0.05) is 12.1 Å². The van der Waals surface area contributed by atoms with E-state index in [2.05, 4.69) is 0 Å². The molecule has 0 saturated heterocycles. The van der Waals surface area contributed by atoms with Gasteiger partial charge >= 0.3 is 6.18 Å². The highest BCUT2D eigenvalue weighted by Crippen LogP contribution is 2.42. The Labute approximate surface area is 161 Å². The standard InChI is InChI=1S/C20H16F4O3S/c1-19(2)18(25)16(11-4-7-13(8-5-11)20(22,23)24)17(27-19)12-6-9-15(28(3)26)14(21)10-12/h4-10H,1-3H3. The lowest BCUT2D eigenvalue weighted by Gasteiger charge is -2.18. The van der Waals surface area contributed by atoms with E-state index in [1.807, 2.05) is 0 Å². The van der Waals surface area contributed by atoms with Crippen LogP contribution in [0.15, 0.2) is 47.4 Å². The van der Waals surface area contributed by atoms with E-state index in [0.717, 1.165) is 18.2 Å². The lowest BCUT2D eigenvalue weighted by molar-refractivity contribution is -0.137. The summed E-state index contributed by atoms with van der Waals surface area (Å²) in [7, 11) is -1.53. The monoisotopic (exact) mass is 412 g/mol. The van der Waals surface area contributed by atoms with E-state index in [1.165, 1.54) is 44.4 Å². The van der Waals surface area contributed by atoms with Crippen molar-refractivity contribution in [1.82, 2.24) is 0 Å². The quantitative estimate of drug-likeness (QED) is 0.679. The van der Waals surface area contributed by atoms with E-state index in [9.17, 15) is 26.6 Å². The van der Waals surface area contributed by atoms with Crippen molar-refractivity contribution in [3.63, 3.8) is 0 Å². The highest BCUT2D eigenvalue weighted by atomic mass is 32.2. The van der Waals surface area contributed by atoms with E-state index in [-0.39, 0.29) is 27.4 Å². The van der Waals surface area contributed by atoms with Crippen LogP contribution >= 0.6 is 0 Å². The van der Waals surface area contributed by atoms with Gasteiger partial charge in [0.15, 0.2) is 5.60 Å². The van der Waals surface area contributed by atoms with Crippen LogP contribution in [-0.2, 0) is 26.5 Å². The Kier molecular flexibility index (Phi) is 4.95. The van der Waals surface area contributed by atoms with Crippen molar-refractivity contribution in [3.8, 4) is 0 Å². The Bertz CT molecular complexity index is 1010. The lowest BCUT2D eigenvalue weighted by atomic mass is 9.92. The molecule has 2 aromatic carbocycles. The predicted molar refractivity (Wildman–Crippen MR) is 97.2 cm³/mol. The molecule has 3 nitrogen and oxygen atoms in total. The van der Waals surface area contributed by atoms with Crippen LogP contribution < -0.4 is 0 Å². The first kappa shape index (κ1) is 20.3. The molecule has 1 unspecified atom stereocenters. The second-order valence-electron chi connectivity index (χ2n) is 6.82. The Morgan fingerprint density at radius 3 is 2.07 bits per heavy atom. The van der Waals surface area contributed by atoms with Gasteiger partial charge in [-0.15, -0.1) is 0 Å². The number of ether oxygens (including phenoxy) is 1. The normalized spacial score (nSPS) is 17.6. The van der Waals surface area contributed by atoms with Gasteiger partial charge in [0.05, 0.1) is 26.8 Å². The lowest BCUT2D eigenvalue weighted by Crippen LogP contribution is -2.29. The van der Waals surface area contributed by atoms with Crippen molar-refractivity contribution >= 4 is 27.9 Å². The molecule has 28 heavy (non-hydrogen) atoms. The van der Waals surface area contributed by atoms with Gasteiger partial charge < -0.3 is 4.74 Å². The molecule has 0 bridgehead atoms. The molecule has 0 aromatic heterocycles. The molecule has 2 aromatic rings. The number of rotatable bonds is 3. The van der Waals surface area contributed by atoms with Crippen molar-refractivity contribution in [1.29, 1.82) is 0 Å². The molecule has 1 atom stereocenters. The average molecular weight is 412 g/mol. The average Bonchev–Trinajstić information content (AvgIpc) is 2.84. The van der Waals surface area contributed by atoms with E-state index in [1.54, 1.807) is 0 Å². The minimum atomic E-state index is -4.50. The van der Waals surface area contributed by atoms with E-state index >= 15 is 0 Å². The number of ketones is 1. The van der Waals surface area contributed by atoms with Crippen LogP contribution in [0.1, 0.15) is 30.5 Å². The summed E-state index contributed by atoms with van der Waals surface area (Å²) in [4.78, 5) is 12.8. The molecule has 1 aliphatic rings. The third-order valence-corrected chi connectivity index (χ3v) is 5.31. The van der Waals surface area contributed by atoms with Crippen molar-refractivity contribution < 1.29 is 31.3 Å². The van der Waals surface area contributed by atoms with Crippen LogP contribution in [0.5, 0.6) is 0 Å². The van der Waals surface area contributed by atoms with E-state index < -0.39 is 39.7 Å². The maximum absolute atomic E-state index is 14.3. The molecule has 8 heteroatoms. The Morgan fingerprint density at radius 2 is 1.57 bits per heavy atom. The summed E-state index contributed by atoms with van der Waals surface area (Å²) in [6.07, 6.45) is -3.16. The fraction of sp³-hybridized carbons (Fsp3) is 0.250. The second-order valence-corrected chi connectivity index (χ2v) is 8.17. The van der Waals surface area contributed by atoms with Gasteiger partial charge in [-0.2, -0.15) is 13.2 Å². The molecular formula is C20H16F4O3S. The molecule has 148 valence electrons. The fourth-order valence-corrected chi connectivity index (χ4v) is 3.52. The maximum Gasteiger partial charge on any atom is 0.416 e. The van der Waals surface area contributed by atoms with E-state index in [0.29, 0.717) is 0 Å². The smallest absolute Gasteiger partial charge is 0.416 e. The number of carbonyl (C=O) groups excluding carboxylic acids is 1. The van der Waals surface area contributed by atoms with Crippen LogP contribution in [-0.4, -0.2) is 21.8 Å². The number of Topliss-reactive ketones (excluding diaryl/α,β-unsaturated/α-hetero) is 1. The summed E-state index contributed by atoms with van der Waals surface area (Å²) in [5.41, 5.74) is -1.55. The molecule has 1 heterocycles. The highest BCUT2D eigenvalue weighted by Gasteiger charge is 2.43. The fourth-order valence-electron chi connectivity index (χ4n) is 2.92. The van der Waals surface area contributed by atoms with Gasteiger partial charge in [0, 0.05) is 11.8 Å². The summed E-state index contributed by atoms with van der Waals surface area (Å²) in [5, 5.41) is 0. The molecule has 3 rings (SSSR count). The first-order valence-electron chi connectivity index (χ1n) is 8.21. The topological polar surface area (TPSA) is 43.4 Å². The van der Waals surface area contributed by atoms with Crippen LogP contribution in [0.3, 0.4) is 0 Å². The third kappa shape index (κ3) is 3.61. The Morgan fingerprint density at radius 1 is 1.00 bits per heavy atom. The Balaban J connectivity index is 2.15. The van der Waals surface area contributed by atoms with Crippen molar-refractivity contribution in [2.24, 2.45) is 0 Å². The van der Waals surface area contributed by atoms with Gasteiger partial charge in [-0.3, -0.25) is 9.00 Å². The zero-order valence-corrected chi connectivity index (χ0v) is 16.0. The minimum Gasteiger partial charge on any atom is -0.478 e. The van der Waals surface area contributed by atoms with Gasteiger partial charge in [0.1, 0.15) is 11.6 Å². The number of carbonyl (C=O) groups is 1. The van der Waals surface area contributed by atoms with Gasteiger partial charge in [0.25, 0.3) is 0 Å². The van der Waals surface area contributed by atoms with Gasteiger partial charge in [-0.05, 0) is 49.7 Å². The predicted octanol–water partition coefficient (Wildman–Crippen LogP) is 4.83. The highest BCUT2D eigenvalue weighted by molar-refractivity contribution is 7.84. The summed E-state index contributed by atoms with van der Waals surface area (Å²) >= 11 is 0. The van der Waals surface area contributed by atoms with Crippen molar-refractivity contribution in [2.45, 2.75) is 30.5 Å². The van der Waals surface area contributed by atoms with Crippen LogP contribution in [0, 0.1) is 5.82 Å². The molecule has 0 radical (unpaired) electrons. The number of hydrogen-bond acceptors (Lipinski definition) is 3.